The number of thioether (sulfide) groups is 1. The Labute approximate surface area is 112 Å². The molecule has 2 aromatic rings. The van der Waals surface area contributed by atoms with Gasteiger partial charge < -0.3 is 10.7 Å². The Morgan fingerprint density at radius 3 is 2.83 bits per heavy atom. The molecule has 0 saturated heterocycles. The first-order valence-electron chi connectivity index (χ1n) is 6.43. The predicted molar refractivity (Wildman–Crippen MR) is 76.7 cm³/mol. The Morgan fingerprint density at radius 2 is 2.17 bits per heavy atom. The van der Waals surface area contributed by atoms with Gasteiger partial charge in [0.25, 0.3) is 0 Å². The van der Waals surface area contributed by atoms with Crippen molar-refractivity contribution in [2.45, 2.75) is 43.1 Å². The van der Waals surface area contributed by atoms with Crippen LogP contribution in [0.5, 0.6) is 0 Å². The van der Waals surface area contributed by atoms with E-state index >= 15 is 0 Å². The SMILES string of the molecule is CC1(C)CCC(Sc2nc3ccccc3[nH]2)C1N. The normalized spacial score (nSPS) is 26.8. The van der Waals surface area contributed by atoms with Gasteiger partial charge in [-0.05, 0) is 30.4 Å². The van der Waals surface area contributed by atoms with Gasteiger partial charge in [-0.25, -0.2) is 4.98 Å². The van der Waals surface area contributed by atoms with Crippen molar-refractivity contribution >= 4 is 22.8 Å². The lowest BCUT2D eigenvalue weighted by atomic mass is 9.88. The van der Waals surface area contributed by atoms with Gasteiger partial charge in [-0.1, -0.05) is 37.7 Å². The topological polar surface area (TPSA) is 54.7 Å². The average Bonchev–Trinajstić information content (AvgIpc) is 2.85. The van der Waals surface area contributed by atoms with Gasteiger partial charge in [0, 0.05) is 11.3 Å². The molecule has 1 saturated carbocycles. The van der Waals surface area contributed by atoms with Crippen LogP contribution in [-0.2, 0) is 0 Å². The average molecular weight is 261 g/mol. The highest BCUT2D eigenvalue weighted by Gasteiger charge is 2.40. The van der Waals surface area contributed by atoms with Crippen molar-refractivity contribution in [2.24, 2.45) is 11.1 Å². The number of para-hydroxylation sites is 2. The largest absolute Gasteiger partial charge is 0.333 e. The first-order chi connectivity index (χ1) is 8.56. The van der Waals surface area contributed by atoms with Crippen LogP contribution in [0.15, 0.2) is 29.4 Å². The molecule has 3 rings (SSSR count). The van der Waals surface area contributed by atoms with E-state index in [1.54, 1.807) is 11.8 Å². The summed E-state index contributed by atoms with van der Waals surface area (Å²) in [7, 11) is 0. The lowest BCUT2D eigenvalue weighted by Gasteiger charge is -2.25. The maximum absolute atomic E-state index is 6.34. The van der Waals surface area contributed by atoms with Gasteiger partial charge in [-0.3, -0.25) is 0 Å². The summed E-state index contributed by atoms with van der Waals surface area (Å²) in [6.45, 7) is 4.52. The summed E-state index contributed by atoms with van der Waals surface area (Å²) < 4.78 is 0. The Balaban J connectivity index is 1.81. The molecular formula is C14H19N3S. The summed E-state index contributed by atoms with van der Waals surface area (Å²) in [4.78, 5) is 7.98. The monoisotopic (exact) mass is 261 g/mol. The summed E-state index contributed by atoms with van der Waals surface area (Å²) in [5, 5.41) is 1.47. The minimum absolute atomic E-state index is 0.246. The molecule has 0 spiro atoms. The van der Waals surface area contributed by atoms with Crippen molar-refractivity contribution in [1.82, 2.24) is 9.97 Å². The summed E-state index contributed by atoms with van der Waals surface area (Å²) in [5.74, 6) is 0. The smallest absolute Gasteiger partial charge is 0.166 e. The van der Waals surface area contributed by atoms with Crippen molar-refractivity contribution in [3.63, 3.8) is 0 Å². The van der Waals surface area contributed by atoms with E-state index < -0.39 is 0 Å². The van der Waals surface area contributed by atoms with E-state index in [9.17, 15) is 0 Å². The molecule has 3 nitrogen and oxygen atoms in total. The maximum Gasteiger partial charge on any atom is 0.166 e. The molecule has 1 fully saturated rings. The van der Waals surface area contributed by atoms with Crippen LogP contribution < -0.4 is 5.73 Å². The number of nitrogens with one attached hydrogen (secondary N) is 1. The van der Waals surface area contributed by atoms with Gasteiger partial charge in [-0.2, -0.15) is 0 Å². The third-order valence-corrected chi connectivity index (χ3v) is 5.26. The number of rotatable bonds is 2. The molecule has 0 aliphatic heterocycles. The summed E-state index contributed by atoms with van der Waals surface area (Å²) >= 11 is 1.80. The predicted octanol–water partition coefficient (Wildman–Crippen LogP) is 3.17. The summed E-state index contributed by atoms with van der Waals surface area (Å²) in [6.07, 6.45) is 2.38. The van der Waals surface area contributed by atoms with E-state index in [2.05, 4.69) is 29.9 Å². The quantitative estimate of drug-likeness (QED) is 0.873. The highest BCUT2D eigenvalue weighted by Crippen LogP contribution is 2.43. The molecule has 4 heteroatoms. The lowest BCUT2D eigenvalue weighted by molar-refractivity contribution is 0.334. The second kappa shape index (κ2) is 4.28. The summed E-state index contributed by atoms with van der Waals surface area (Å²) in [6, 6.07) is 8.39. The molecule has 0 amide bonds. The highest BCUT2D eigenvalue weighted by atomic mass is 32.2. The zero-order chi connectivity index (χ0) is 12.8. The molecule has 96 valence electrons. The Hall–Kier alpha value is -1.00. The van der Waals surface area contributed by atoms with Crippen molar-refractivity contribution in [3.8, 4) is 0 Å². The van der Waals surface area contributed by atoms with Crippen molar-refractivity contribution in [1.29, 1.82) is 0 Å². The number of fused-ring (bicyclic) bond motifs is 1. The molecule has 1 aliphatic carbocycles. The number of nitrogens with zero attached hydrogens (tertiary/aromatic N) is 1. The van der Waals surface area contributed by atoms with Gasteiger partial charge in [0.15, 0.2) is 5.16 Å². The third kappa shape index (κ3) is 2.04. The number of aromatic nitrogens is 2. The van der Waals surface area contributed by atoms with Gasteiger partial charge in [-0.15, -0.1) is 0 Å². The number of aromatic amines is 1. The van der Waals surface area contributed by atoms with E-state index in [1.165, 1.54) is 12.8 Å². The number of benzene rings is 1. The number of H-pyrrole nitrogens is 1. The second-order valence-corrected chi connectivity index (χ2v) is 7.00. The minimum Gasteiger partial charge on any atom is -0.333 e. The van der Waals surface area contributed by atoms with Crippen LogP contribution in [0.1, 0.15) is 26.7 Å². The third-order valence-electron chi connectivity index (χ3n) is 4.01. The molecular weight excluding hydrogens is 242 g/mol. The van der Waals surface area contributed by atoms with Crippen LogP contribution in [-0.4, -0.2) is 21.3 Å². The van der Waals surface area contributed by atoms with Crippen molar-refractivity contribution < 1.29 is 0 Å². The molecule has 18 heavy (non-hydrogen) atoms. The molecule has 2 unspecified atom stereocenters. The lowest BCUT2D eigenvalue weighted by Crippen LogP contribution is -2.38. The molecule has 1 aromatic carbocycles. The van der Waals surface area contributed by atoms with E-state index in [4.69, 9.17) is 5.73 Å². The van der Waals surface area contributed by atoms with Crippen molar-refractivity contribution in [2.75, 3.05) is 0 Å². The van der Waals surface area contributed by atoms with Crippen LogP contribution in [0.2, 0.25) is 0 Å². The van der Waals surface area contributed by atoms with Crippen LogP contribution >= 0.6 is 11.8 Å². The number of nitrogens with two attached hydrogens (primary N) is 1. The Morgan fingerprint density at radius 1 is 1.39 bits per heavy atom. The van der Waals surface area contributed by atoms with Crippen LogP contribution in [0.4, 0.5) is 0 Å². The Bertz CT molecular complexity index is 528. The van der Waals surface area contributed by atoms with Crippen molar-refractivity contribution in [3.05, 3.63) is 24.3 Å². The van der Waals surface area contributed by atoms with E-state index in [0.717, 1.165) is 16.2 Å². The first kappa shape index (κ1) is 12.1. The second-order valence-electron chi connectivity index (χ2n) is 5.77. The fourth-order valence-electron chi connectivity index (χ4n) is 2.62. The molecule has 1 aromatic heterocycles. The van der Waals surface area contributed by atoms with E-state index in [1.807, 2.05) is 18.2 Å². The van der Waals surface area contributed by atoms with Gasteiger partial charge in [0.1, 0.15) is 0 Å². The first-order valence-corrected chi connectivity index (χ1v) is 7.31. The van der Waals surface area contributed by atoms with E-state index in [0.29, 0.717) is 5.25 Å². The van der Waals surface area contributed by atoms with Gasteiger partial charge in [0.2, 0.25) is 0 Å². The van der Waals surface area contributed by atoms with Gasteiger partial charge in [0.05, 0.1) is 11.0 Å². The molecule has 3 N–H and O–H groups in total. The zero-order valence-electron chi connectivity index (χ0n) is 10.8. The molecule has 1 aliphatic rings. The van der Waals surface area contributed by atoms with Crippen LogP contribution in [0, 0.1) is 5.41 Å². The van der Waals surface area contributed by atoms with Crippen LogP contribution in [0.3, 0.4) is 0 Å². The fraction of sp³-hybridized carbons (Fsp3) is 0.500. The molecule has 0 bridgehead atoms. The fourth-order valence-corrected chi connectivity index (χ4v) is 3.98. The minimum atomic E-state index is 0.246. The van der Waals surface area contributed by atoms with Crippen LogP contribution in [0.25, 0.3) is 11.0 Å². The zero-order valence-corrected chi connectivity index (χ0v) is 11.6. The summed E-state index contributed by atoms with van der Waals surface area (Å²) in [5.41, 5.74) is 8.73. The van der Waals surface area contributed by atoms with Gasteiger partial charge >= 0.3 is 0 Å². The maximum atomic E-state index is 6.34. The molecule has 0 radical (unpaired) electrons. The standard InChI is InChI=1S/C14H19N3S/c1-14(2)8-7-11(12(14)15)18-13-16-9-5-3-4-6-10(9)17-13/h3-6,11-12H,7-8,15H2,1-2H3,(H,16,17). The number of hydrogen-bond donors (Lipinski definition) is 2. The number of imidazole rings is 1. The Kier molecular flexibility index (Phi) is 2.87. The highest BCUT2D eigenvalue weighted by molar-refractivity contribution is 7.99. The van der Waals surface area contributed by atoms with E-state index in [-0.39, 0.29) is 11.5 Å². The molecule has 1 heterocycles. The number of hydrogen-bond acceptors (Lipinski definition) is 3. The molecule has 2 atom stereocenters.